The summed E-state index contributed by atoms with van der Waals surface area (Å²) in [5.74, 6) is 0.0397. The summed E-state index contributed by atoms with van der Waals surface area (Å²) in [6.45, 7) is 2.58. The van der Waals surface area contributed by atoms with Gasteiger partial charge >= 0.3 is 0 Å². The fraction of sp³-hybridized carbons (Fsp3) is 0.217. The van der Waals surface area contributed by atoms with Gasteiger partial charge in [-0.05, 0) is 43.0 Å². The lowest BCUT2D eigenvalue weighted by atomic mass is 10.1. The van der Waals surface area contributed by atoms with Gasteiger partial charge in [0.05, 0.1) is 0 Å². The number of carbonyl (C=O) groups is 2. The maximum Gasteiger partial charge on any atom is 0.246 e. The van der Waals surface area contributed by atoms with Gasteiger partial charge in [-0.2, -0.15) is 0 Å². The number of nitrogens with zero attached hydrogens (tertiary/aromatic N) is 1. The first kappa shape index (κ1) is 18.0. The Kier molecular flexibility index (Phi) is 4.98. The summed E-state index contributed by atoms with van der Waals surface area (Å²) in [5, 5.41) is 8.36. The van der Waals surface area contributed by atoms with E-state index in [4.69, 9.17) is 0 Å². The molecule has 1 saturated heterocycles. The summed E-state index contributed by atoms with van der Waals surface area (Å²) in [6, 6.07) is 21.1. The molecular formula is C23H23N3O2. The summed E-state index contributed by atoms with van der Waals surface area (Å²) >= 11 is 0. The monoisotopic (exact) mass is 373 g/mol. The van der Waals surface area contributed by atoms with E-state index in [1.165, 1.54) is 0 Å². The third-order valence-corrected chi connectivity index (χ3v) is 5.06. The lowest BCUT2D eigenvalue weighted by molar-refractivity contribution is -0.117. The number of amides is 2. The Morgan fingerprint density at radius 2 is 1.82 bits per heavy atom. The Balaban J connectivity index is 1.47. The van der Waals surface area contributed by atoms with E-state index in [1.54, 1.807) is 4.90 Å². The van der Waals surface area contributed by atoms with Crippen molar-refractivity contribution in [1.29, 1.82) is 0 Å². The van der Waals surface area contributed by atoms with Crippen molar-refractivity contribution in [2.24, 2.45) is 0 Å². The van der Waals surface area contributed by atoms with E-state index in [1.807, 2.05) is 73.7 Å². The molecule has 142 valence electrons. The maximum absolute atomic E-state index is 12.7. The van der Waals surface area contributed by atoms with Crippen LogP contribution in [0.5, 0.6) is 0 Å². The van der Waals surface area contributed by atoms with Crippen LogP contribution in [0.15, 0.2) is 66.7 Å². The highest BCUT2D eigenvalue weighted by Gasteiger charge is 2.22. The first-order chi connectivity index (χ1) is 13.6. The zero-order chi connectivity index (χ0) is 19.5. The Morgan fingerprint density at radius 3 is 2.64 bits per heavy atom. The lowest BCUT2D eigenvalue weighted by Crippen LogP contribution is -2.32. The molecule has 1 atom stereocenters. The molecule has 28 heavy (non-hydrogen) atoms. The number of rotatable bonds is 5. The second kappa shape index (κ2) is 7.72. The van der Waals surface area contributed by atoms with Crippen LogP contribution >= 0.6 is 0 Å². The second-order valence-electron chi connectivity index (χ2n) is 7.08. The van der Waals surface area contributed by atoms with E-state index in [9.17, 15) is 9.59 Å². The number of hydrogen-bond donors (Lipinski definition) is 2. The fourth-order valence-electron chi connectivity index (χ4n) is 3.58. The van der Waals surface area contributed by atoms with Crippen LogP contribution in [0, 0.1) is 0 Å². The third-order valence-electron chi connectivity index (χ3n) is 5.06. The summed E-state index contributed by atoms with van der Waals surface area (Å²) < 4.78 is 0. The van der Waals surface area contributed by atoms with Crippen LogP contribution < -0.4 is 15.5 Å². The molecule has 2 amide bonds. The van der Waals surface area contributed by atoms with E-state index >= 15 is 0 Å². The minimum atomic E-state index is -0.427. The Bertz CT molecular complexity index is 1030. The molecule has 0 bridgehead atoms. The molecule has 5 heteroatoms. The van der Waals surface area contributed by atoms with Gasteiger partial charge < -0.3 is 15.5 Å². The van der Waals surface area contributed by atoms with Gasteiger partial charge in [-0.1, -0.05) is 42.5 Å². The van der Waals surface area contributed by atoms with Crippen molar-refractivity contribution >= 4 is 39.6 Å². The van der Waals surface area contributed by atoms with Gasteiger partial charge in [0.15, 0.2) is 0 Å². The minimum absolute atomic E-state index is 0.112. The number of hydrogen-bond acceptors (Lipinski definition) is 3. The highest BCUT2D eigenvalue weighted by molar-refractivity contribution is 6.04. The summed E-state index contributed by atoms with van der Waals surface area (Å²) in [4.78, 5) is 26.5. The zero-order valence-electron chi connectivity index (χ0n) is 15.8. The Labute approximate surface area is 164 Å². The van der Waals surface area contributed by atoms with Gasteiger partial charge in [0, 0.05) is 35.4 Å². The normalized spacial score (nSPS) is 14.9. The van der Waals surface area contributed by atoms with Gasteiger partial charge in [0.25, 0.3) is 0 Å². The van der Waals surface area contributed by atoms with Crippen molar-refractivity contribution in [3.8, 4) is 0 Å². The molecular weight excluding hydrogens is 350 g/mol. The second-order valence-corrected chi connectivity index (χ2v) is 7.08. The van der Waals surface area contributed by atoms with Gasteiger partial charge in [-0.3, -0.25) is 9.59 Å². The number of benzene rings is 3. The van der Waals surface area contributed by atoms with Crippen LogP contribution in [0.1, 0.15) is 19.8 Å². The molecule has 0 saturated carbocycles. The van der Waals surface area contributed by atoms with Crippen molar-refractivity contribution in [3.05, 3.63) is 66.7 Å². The average Bonchev–Trinajstić information content (AvgIpc) is 3.14. The molecule has 0 aliphatic carbocycles. The molecule has 1 aliphatic rings. The largest absolute Gasteiger partial charge is 0.374 e. The Hall–Kier alpha value is -3.34. The summed E-state index contributed by atoms with van der Waals surface area (Å²) in [5.41, 5.74) is 2.49. The average molecular weight is 373 g/mol. The molecule has 2 N–H and O–H groups in total. The lowest BCUT2D eigenvalue weighted by Gasteiger charge is -2.19. The smallest absolute Gasteiger partial charge is 0.246 e. The molecule has 0 aromatic heterocycles. The van der Waals surface area contributed by atoms with E-state index < -0.39 is 6.04 Å². The molecule has 5 nitrogen and oxygen atoms in total. The van der Waals surface area contributed by atoms with Crippen molar-refractivity contribution in [1.82, 2.24) is 0 Å². The van der Waals surface area contributed by atoms with Crippen LogP contribution in [0.2, 0.25) is 0 Å². The van der Waals surface area contributed by atoms with Crippen LogP contribution in [0.4, 0.5) is 17.1 Å². The molecule has 3 aromatic rings. The van der Waals surface area contributed by atoms with Gasteiger partial charge in [0.2, 0.25) is 11.8 Å². The molecule has 3 aromatic carbocycles. The summed E-state index contributed by atoms with van der Waals surface area (Å²) in [7, 11) is 0. The third kappa shape index (κ3) is 3.69. The predicted octanol–water partition coefficient (Wildman–Crippen LogP) is 4.41. The van der Waals surface area contributed by atoms with Gasteiger partial charge in [-0.25, -0.2) is 0 Å². The Morgan fingerprint density at radius 1 is 1.04 bits per heavy atom. The van der Waals surface area contributed by atoms with Crippen LogP contribution in [-0.2, 0) is 9.59 Å². The van der Waals surface area contributed by atoms with Crippen LogP contribution in [0.25, 0.3) is 10.8 Å². The quantitative estimate of drug-likeness (QED) is 0.697. The number of nitrogens with one attached hydrogen (secondary N) is 2. The molecule has 1 fully saturated rings. The van der Waals surface area contributed by atoms with Crippen molar-refractivity contribution < 1.29 is 9.59 Å². The first-order valence-electron chi connectivity index (χ1n) is 9.57. The SMILES string of the molecule is CC(Nc1cccc(N2CCCC2=O)c1)C(=O)Nc1cccc2ccccc12. The van der Waals surface area contributed by atoms with Crippen molar-refractivity contribution in [3.63, 3.8) is 0 Å². The molecule has 0 radical (unpaired) electrons. The van der Waals surface area contributed by atoms with Crippen molar-refractivity contribution in [2.45, 2.75) is 25.8 Å². The molecule has 1 heterocycles. The topological polar surface area (TPSA) is 61.4 Å². The highest BCUT2D eigenvalue weighted by Crippen LogP contribution is 2.25. The number of fused-ring (bicyclic) bond motifs is 1. The molecule has 0 spiro atoms. The highest BCUT2D eigenvalue weighted by atomic mass is 16.2. The van der Waals surface area contributed by atoms with E-state index in [-0.39, 0.29) is 11.8 Å². The fourth-order valence-corrected chi connectivity index (χ4v) is 3.58. The minimum Gasteiger partial charge on any atom is -0.374 e. The number of carbonyl (C=O) groups excluding carboxylic acids is 2. The standard InChI is InChI=1S/C23H23N3O2/c1-16(23(28)25-21-12-4-8-17-7-2-3-11-20(17)21)24-18-9-5-10-19(15-18)26-14-6-13-22(26)27/h2-5,7-12,15-16,24H,6,13-14H2,1H3,(H,25,28). The molecule has 4 rings (SSSR count). The van der Waals surface area contributed by atoms with Gasteiger partial charge in [-0.15, -0.1) is 0 Å². The number of anilines is 3. The van der Waals surface area contributed by atoms with E-state index in [0.29, 0.717) is 6.42 Å². The van der Waals surface area contributed by atoms with Gasteiger partial charge in [0.1, 0.15) is 6.04 Å². The van der Waals surface area contributed by atoms with E-state index in [2.05, 4.69) is 10.6 Å². The maximum atomic E-state index is 12.7. The van der Waals surface area contributed by atoms with Crippen LogP contribution in [0.3, 0.4) is 0 Å². The van der Waals surface area contributed by atoms with E-state index in [0.717, 1.165) is 40.8 Å². The first-order valence-corrected chi connectivity index (χ1v) is 9.57. The summed E-state index contributed by atoms with van der Waals surface area (Å²) in [6.07, 6.45) is 1.49. The molecule has 1 aliphatic heterocycles. The molecule has 1 unspecified atom stereocenters. The predicted molar refractivity (Wildman–Crippen MR) is 114 cm³/mol. The van der Waals surface area contributed by atoms with Crippen molar-refractivity contribution in [2.75, 3.05) is 22.1 Å². The zero-order valence-corrected chi connectivity index (χ0v) is 15.8. The van der Waals surface area contributed by atoms with Crippen LogP contribution in [-0.4, -0.2) is 24.4 Å².